The predicted octanol–water partition coefficient (Wildman–Crippen LogP) is 4.49. The molecule has 25 heavy (non-hydrogen) atoms. The van der Waals surface area contributed by atoms with Crippen LogP contribution in [0, 0.1) is 0 Å². The summed E-state index contributed by atoms with van der Waals surface area (Å²) in [6, 6.07) is 17.6. The second-order valence-electron chi connectivity index (χ2n) is 5.42. The van der Waals surface area contributed by atoms with Crippen LogP contribution in [0.2, 0.25) is 0 Å². The Balaban J connectivity index is 1.50. The molecule has 4 nitrogen and oxygen atoms in total. The third-order valence-electron chi connectivity index (χ3n) is 3.65. The number of carbonyl (C=O) groups excluding carboxylic acids is 1. The SMILES string of the molecule is CCc1ccccc1OCC(=O)OCc1csc(-c2ccccc2)n1. The summed E-state index contributed by atoms with van der Waals surface area (Å²) in [7, 11) is 0. The molecule has 0 spiro atoms. The van der Waals surface area contributed by atoms with Gasteiger partial charge in [0.2, 0.25) is 0 Å². The number of esters is 1. The molecular weight excluding hydrogens is 334 g/mol. The fraction of sp³-hybridized carbons (Fsp3) is 0.200. The molecule has 0 saturated carbocycles. The van der Waals surface area contributed by atoms with E-state index in [1.165, 1.54) is 11.3 Å². The third kappa shape index (κ3) is 4.67. The summed E-state index contributed by atoms with van der Waals surface area (Å²) in [6.07, 6.45) is 0.853. The lowest BCUT2D eigenvalue weighted by Gasteiger charge is -2.09. The number of thiazole rings is 1. The van der Waals surface area contributed by atoms with Gasteiger partial charge in [0.05, 0.1) is 5.69 Å². The summed E-state index contributed by atoms with van der Waals surface area (Å²) in [5.41, 5.74) is 2.87. The van der Waals surface area contributed by atoms with E-state index in [1.807, 2.05) is 66.9 Å². The van der Waals surface area contributed by atoms with Gasteiger partial charge in [0.15, 0.2) is 6.61 Å². The van der Waals surface area contributed by atoms with Gasteiger partial charge in [-0.2, -0.15) is 0 Å². The zero-order valence-corrected chi connectivity index (χ0v) is 14.8. The number of aromatic nitrogens is 1. The Morgan fingerprint density at radius 3 is 2.64 bits per heavy atom. The van der Waals surface area contributed by atoms with Crippen molar-refractivity contribution >= 4 is 17.3 Å². The highest BCUT2D eigenvalue weighted by Gasteiger charge is 2.09. The molecule has 3 rings (SSSR count). The van der Waals surface area contributed by atoms with Crippen LogP contribution in [0.25, 0.3) is 10.6 Å². The van der Waals surface area contributed by atoms with Gasteiger partial charge in [0, 0.05) is 10.9 Å². The summed E-state index contributed by atoms with van der Waals surface area (Å²) in [5, 5.41) is 2.82. The third-order valence-corrected chi connectivity index (χ3v) is 4.59. The van der Waals surface area contributed by atoms with Gasteiger partial charge in [-0.15, -0.1) is 11.3 Å². The number of carbonyl (C=O) groups is 1. The molecule has 0 unspecified atom stereocenters. The minimum absolute atomic E-state index is 0.104. The molecule has 2 aromatic carbocycles. The molecule has 0 fully saturated rings. The second kappa shape index (κ2) is 8.44. The minimum Gasteiger partial charge on any atom is -0.482 e. The van der Waals surface area contributed by atoms with Crippen LogP contribution in [-0.4, -0.2) is 17.6 Å². The molecule has 5 heteroatoms. The number of nitrogens with zero attached hydrogens (tertiary/aromatic N) is 1. The van der Waals surface area contributed by atoms with E-state index < -0.39 is 5.97 Å². The van der Waals surface area contributed by atoms with Gasteiger partial charge in [-0.3, -0.25) is 0 Å². The standard InChI is InChI=1S/C20H19NO3S/c1-2-15-8-6-7-11-18(15)23-13-19(22)24-12-17-14-25-20(21-17)16-9-4-3-5-10-16/h3-11,14H,2,12-13H2,1H3. The van der Waals surface area contributed by atoms with Gasteiger partial charge >= 0.3 is 5.97 Å². The monoisotopic (exact) mass is 353 g/mol. The van der Waals surface area contributed by atoms with Crippen LogP contribution in [0.1, 0.15) is 18.2 Å². The van der Waals surface area contributed by atoms with Crippen molar-refractivity contribution in [2.24, 2.45) is 0 Å². The van der Waals surface area contributed by atoms with E-state index in [9.17, 15) is 4.79 Å². The first-order chi connectivity index (χ1) is 12.3. The van der Waals surface area contributed by atoms with Crippen molar-refractivity contribution in [3.63, 3.8) is 0 Å². The summed E-state index contributed by atoms with van der Waals surface area (Å²) in [5.74, 6) is 0.321. The average molecular weight is 353 g/mol. The fourth-order valence-corrected chi connectivity index (χ4v) is 3.17. The lowest BCUT2D eigenvalue weighted by Crippen LogP contribution is -2.15. The van der Waals surface area contributed by atoms with E-state index >= 15 is 0 Å². The number of aryl methyl sites for hydroxylation is 1. The Labute approximate surface area is 151 Å². The van der Waals surface area contributed by atoms with E-state index in [-0.39, 0.29) is 13.2 Å². The van der Waals surface area contributed by atoms with Crippen LogP contribution in [0.3, 0.4) is 0 Å². The van der Waals surface area contributed by atoms with Gasteiger partial charge < -0.3 is 9.47 Å². The lowest BCUT2D eigenvalue weighted by atomic mass is 10.1. The molecule has 0 aliphatic carbocycles. The zero-order valence-electron chi connectivity index (χ0n) is 14.0. The van der Waals surface area contributed by atoms with Crippen molar-refractivity contribution in [3.8, 4) is 16.3 Å². The Hall–Kier alpha value is -2.66. The molecule has 3 aromatic rings. The highest BCUT2D eigenvalue weighted by Crippen LogP contribution is 2.23. The number of para-hydroxylation sites is 1. The van der Waals surface area contributed by atoms with Crippen molar-refractivity contribution in [2.45, 2.75) is 20.0 Å². The van der Waals surface area contributed by atoms with Gasteiger partial charge in [-0.05, 0) is 18.1 Å². The number of hydrogen-bond donors (Lipinski definition) is 0. The maximum atomic E-state index is 11.9. The highest BCUT2D eigenvalue weighted by atomic mass is 32.1. The van der Waals surface area contributed by atoms with Crippen molar-refractivity contribution in [1.82, 2.24) is 4.98 Å². The topological polar surface area (TPSA) is 48.4 Å². The van der Waals surface area contributed by atoms with Gasteiger partial charge in [-0.25, -0.2) is 9.78 Å². The van der Waals surface area contributed by atoms with Crippen LogP contribution in [0.15, 0.2) is 60.0 Å². The molecule has 0 radical (unpaired) electrons. The van der Waals surface area contributed by atoms with Crippen molar-refractivity contribution in [3.05, 3.63) is 71.2 Å². The van der Waals surface area contributed by atoms with Crippen molar-refractivity contribution < 1.29 is 14.3 Å². The van der Waals surface area contributed by atoms with Gasteiger partial charge in [-0.1, -0.05) is 55.5 Å². The molecule has 0 saturated heterocycles. The largest absolute Gasteiger partial charge is 0.482 e. The Morgan fingerprint density at radius 2 is 1.84 bits per heavy atom. The number of ether oxygens (including phenoxy) is 2. The molecule has 1 heterocycles. The maximum absolute atomic E-state index is 11.9. The molecule has 128 valence electrons. The lowest BCUT2D eigenvalue weighted by molar-refractivity contribution is -0.147. The molecule has 0 N–H and O–H groups in total. The van der Waals surface area contributed by atoms with Crippen LogP contribution >= 0.6 is 11.3 Å². The van der Waals surface area contributed by atoms with E-state index in [0.29, 0.717) is 0 Å². The van der Waals surface area contributed by atoms with Crippen LogP contribution in [0.4, 0.5) is 0 Å². The number of benzene rings is 2. The fourth-order valence-electron chi connectivity index (χ4n) is 2.36. The van der Waals surface area contributed by atoms with Crippen LogP contribution in [-0.2, 0) is 22.6 Å². The summed E-state index contributed by atoms with van der Waals surface area (Å²) >= 11 is 1.54. The van der Waals surface area contributed by atoms with Crippen molar-refractivity contribution in [1.29, 1.82) is 0 Å². The molecule has 0 amide bonds. The first kappa shape index (κ1) is 17.2. The molecule has 0 aliphatic rings. The Bertz CT molecular complexity index is 830. The minimum atomic E-state index is -0.403. The normalized spacial score (nSPS) is 10.4. The van der Waals surface area contributed by atoms with Crippen LogP contribution in [0.5, 0.6) is 5.75 Å². The van der Waals surface area contributed by atoms with Crippen LogP contribution < -0.4 is 4.74 Å². The predicted molar refractivity (Wildman–Crippen MR) is 98.7 cm³/mol. The molecule has 0 atom stereocenters. The molecule has 0 aliphatic heterocycles. The molecular formula is C20H19NO3S. The zero-order chi connectivity index (χ0) is 17.5. The van der Waals surface area contributed by atoms with E-state index in [1.54, 1.807) is 0 Å². The van der Waals surface area contributed by atoms with E-state index in [0.717, 1.165) is 34.0 Å². The summed E-state index contributed by atoms with van der Waals surface area (Å²) in [4.78, 5) is 16.4. The Morgan fingerprint density at radius 1 is 1.08 bits per heavy atom. The van der Waals surface area contributed by atoms with E-state index in [4.69, 9.17) is 9.47 Å². The molecule has 1 aromatic heterocycles. The van der Waals surface area contributed by atoms with Gasteiger partial charge in [0.25, 0.3) is 0 Å². The molecule has 0 bridgehead atoms. The quantitative estimate of drug-likeness (QED) is 0.587. The highest BCUT2D eigenvalue weighted by molar-refractivity contribution is 7.13. The summed E-state index contributed by atoms with van der Waals surface area (Å²) < 4.78 is 10.8. The summed E-state index contributed by atoms with van der Waals surface area (Å²) in [6.45, 7) is 2.10. The first-order valence-corrected chi connectivity index (χ1v) is 9.00. The maximum Gasteiger partial charge on any atom is 0.344 e. The van der Waals surface area contributed by atoms with Gasteiger partial charge in [0.1, 0.15) is 17.4 Å². The second-order valence-corrected chi connectivity index (χ2v) is 6.28. The van der Waals surface area contributed by atoms with E-state index in [2.05, 4.69) is 4.98 Å². The average Bonchev–Trinajstić information content (AvgIpc) is 3.14. The number of rotatable bonds is 7. The smallest absolute Gasteiger partial charge is 0.344 e. The number of hydrogen-bond acceptors (Lipinski definition) is 5. The Kier molecular flexibility index (Phi) is 5.80. The first-order valence-electron chi connectivity index (χ1n) is 8.12. The van der Waals surface area contributed by atoms with Crippen molar-refractivity contribution in [2.75, 3.05) is 6.61 Å².